The average Bonchev–Trinajstić information content (AvgIpc) is 2.45. The largest absolute Gasteiger partial charge is 0.487 e. The number of ether oxygens (including phenoxy) is 2. The lowest BCUT2D eigenvalue weighted by Crippen LogP contribution is -2.42. The molecule has 111 valence electrons. The highest BCUT2D eigenvalue weighted by atomic mass is 16.5. The van der Waals surface area contributed by atoms with Gasteiger partial charge >= 0.3 is 5.97 Å². The van der Waals surface area contributed by atoms with Crippen molar-refractivity contribution in [2.75, 3.05) is 7.11 Å². The lowest BCUT2D eigenvalue weighted by atomic mass is 9.85. The van der Waals surface area contributed by atoms with Crippen molar-refractivity contribution >= 4 is 5.97 Å². The molecule has 0 fully saturated rings. The highest BCUT2D eigenvalue weighted by Gasteiger charge is 2.34. The lowest BCUT2D eigenvalue weighted by Gasteiger charge is -2.32. The van der Waals surface area contributed by atoms with E-state index in [1.54, 1.807) is 13.2 Å². The zero-order valence-electron chi connectivity index (χ0n) is 12.5. The van der Waals surface area contributed by atoms with E-state index < -0.39 is 11.9 Å². The maximum atomic E-state index is 11.3. The van der Waals surface area contributed by atoms with Gasteiger partial charge in [0.2, 0.25) is 0 Å². The predicted octanol–water partition coefficient (Wildman–Crippen LogP) is 3.02. The summed E-state index contributed by atoms with van der Waals surface area (Å²) in [5, 5.41) is 9.31. The Bertz CT molecular complexity index is 404. The van der Waals surface area contributed by atoms with Crippen molar-refractivity contribution in [2.45, 2.75) is 39.4 Å². The van der Waals surface area contributed by atoms with Crippen LogP contribution in [0.2, 0.25) is 0 Å². The van der Waals surface area contributed by atoms with E-state index in [4.69, 9.17) is 9.47 Å². The molecule has 0 aliphatic rings. The van der Waals surface area contributed by atoms with Crippen LogP contribution in [0.1, 0.15) is 27.2 Å². The van der Waals surface area contributed by atoms with Gasteiger partial charge < -0.3 is 14.6 Å². The topological polar surface area (TPSA) is 55.8 Å². The SMILES string of the molecule is CCC(C(=O)O)C(C)C(Oc1[c]cccc1)C(C)OC. The summed E-state index contributed by atoms with van der Waals surface area (Å²) in [6.45, 7) is 5.66. The van der Waals surface area contributed by atoms with Crippen LogP contribution in [-0.4, -0.2) is 30.4 Å². The summed E-state index contributed by atoms with van der Waals surface area (Å²) in [7, 11) is 1.60. The summed E-state index contributed by atoms with van der Waals surface area (Å²) < 4.78 is 11.3. The summed E-state index contributed by atoms with van der Waals surface area (Å²) in [5.41, 5.74) is 0. The van der Waals surface area contributed by atoms with Gasteiger partial charge in [-0.05, 0) is 19.4 Å². The number of aliphatic carboxylic acids is 1. The van der Waals surface area contributed by atoms with Gasteiger partial charge in [0.25, 0.3) is 0 Å². The standard InChI is InChI=1S/C16H23O4/c1-5-14(16(17)18)11(2)15(12(3)19-4)20-13-9-7-6-8-10-13/h6-9,11-12,14-15H,5H2,1-4H3,(H,17,18). The molecule has 4 unspecified atom stereocenters. The highest BCUT2D eigenvalue weighted by molar-refractivity contribution is 5.70. The maximum Gasteiger partial charge on any atom is 0.306 e. The van der Waals surface area contributed by atoms with Crippen LogP contribution in [0.4, 0.5) is 0 Å². The van der Waals surface area contributed by atoms with E-state index in [0.29, 0.717) is 12.2 Å². The number of hydrogen-bond donors (Lipinski definition) is 1. The quantitative estimate of drug-likeness (QED) is 0.794. The van der Waals surface area contributed by atoms with Crippen LogP contribution >= 0.6 is 0 Å². The number of carboxylic acid groups (broad SMARTS) is 1. The van der Waals surface area contributed by atoms with E-state index in [0.717, 1.165) is 0 Å². The predicted molar refractivity (Wildman–Crippen MR) is 76.7 cm³/mol. The van der Waals surface area contributed by atoms with Gasteiger partial charge in [0.1, 0.15) is 11.9 Å². The van der Waals surface area contributed by atoms with E-state index in [-0.39, 0.29) is 18.1 Å². The minimum absolute atomic E-state index is 0.166. The van der Waals surface area contributed by atoms with E-state index in [9.17, 15) is 9.90 Å². The molecule has 4 heteroatoms. The van der Waals surface area contributed by atoms with Gasteiger partial charge in [-0.25, -0.2) is 0 Å². The van der Waals surface area contributed by atoms with Crippen LogP contribution < -0.4 is 4.74 Å². The van der Waals surface area contributed by atoms with E-state index >= 15 is 0 Å². The van der Waals surface area contributed by atoms with E-state index in [1.165, 1.54) is 0 Å². The molecule has 1 aromatic rings. The molecule has 1 rings (SSSR count). The molecule has 0 bridgehead atoms. The van der Waals surface area contributed by atoms with Crippen LogP contribution in [-0.2, 0) is 9.53 Å². The summed E-state index contributed by atoms with van der Waals surface area (Å²) in [4.78, 5) is 11.3. The number of para-hydroxylation sites is 1. The zero-order chi connectivity index (χ0) is 15.1. The Hall–Kier alpha value is -1.55. The Morgan fingerprint density at radius 3 is 2.55 bits per heavy atom. The average molecular weight is 279 g/mol. The van der Waals surface area contributed by atoms with Crippen LogP contribution in [0, 0.1) is 17.9 Å². The molecular formula is C16H23O4. The van der Waals surface area contributed by atoms with E-state index in [2.05, 4.69) is 6.07 Å². The Labute approximate surface area is 120 Å². The molecule has 1 radical (unpaired) electrons. The van der Waals surface area contributed by atoms with Crippen molar-refractivity contribution in [2.24, 2.45) is 11.8 Å². The summed E-state index contributed by atoms with van der Waals surface area (Å²) in [6, 6.07) is 10.3. The minimum Gasteiger partial charge on any atom is -0.487 e. The number of methoxy groups -OCH3 is 1. The van der Waals surface area contributed by atoms with Crippen LogP contribution in [0.3, 0.4) is 0 Å². The maximum absolute atomic E-state index is 11.3. The molecule has 0 saturated carbocycles. The van der Waals surface area contributed by atoms with Gasteiger partial charge in [-0.1, -0.05) is 32.0 Å². The number of benzene rings is 1. The zero-order valence-corrected chi connectivity index (χ0v) is 12.5. The number of hydrogen-bond acceptors (Lipinski definition) is 3. The molecule has 0 aliphatic carbocycles. The normalized spacial score (nSPS) is 17.0. The third kappa shape index (κ3) is 4.23. The van der Waals surface area contributed by atoms with Crippen molar-refractivity contribution in [1.82, 2.24) is 0 Å². The first-order valence-electron chi connectivity index (χ1n) is 6.90. The highest BCUT2D eigenvalue weighted by Crippen LogP contribution is 2.26. The van der Waals surface area contributed by atoms with Crippen molar-refractivity contribution in [3.8, 4) is 5.75 Å². The van der Waals surface area contributed by atoms with Crippen molar-refractivity contribution in [3.63, 3.8) is 0 Å². The molecule has 4 nitrogen and oxygen atoms in total. The second-order valence-electron chi connectivity index (χ2n) is 4.96. The first-order chi connectivity index (χ1) is 9.51. The lowest BCUT2D eigenvalue weighted by molar-refractivity contribution is -0.146. The second kappa shape index (κ2) is 7.90. The molecule has 0 heterocycles. The molecule has 1 aromatic carbocycles. The van der Waals surface area contributed by atoms with Gasteiger partial charge in [-0.3, -0.25) is 4.79 Å². The van der Waals surface area contributed by atoms with Gasteiger partial charge in [0.15, 0.2) is 0 Å². The minimum atomic E-state index is -0.797. The monoisotopic (exact) mass is 279 g/mol. The number of carboxylic acids is 1. The number of rotatable bonds is 8. The van der Waals surface area contributed by atoms with Crippen LogP contribution in [0.25, 0.3) is 0 Å². The molecule has 0 aromatic heterocycles. The van der Waals surface area contributed by atoms with Crippen molar-refractivity contribution in [1.29, 1.82) is 0 Å². The molecule has 20 heavy (non-hydrogen) atoms. The molecule has 0 spiro atoms. The Kier molecular flexibility index (Phi) is 6.52. The first kappa shape index (κ1) is 16.5. The van der Waals surface area contributed by atoms with Gasteiger partial charge in [0.05, 0.1) is 12.0 Å². The Morgan fingerprint density at radius 2 is 2.10 bits per heavy atom. The fourth-order valence-corrected chi connectivity index (χ4v) is 2.36. The molecule has 4 atom stereocenters. The summed E-state index contributed by atoms with van der Waals surface area (Å²) in [6.07, 6.45) is 0.0254. The Morgan fingerprint density at radius 1 is 1.40 bits per heavy atom. The Balaban J connectivity index is 2.91. The van der Waals surface area contributed by atoms with Gasteiger partial charge in [-0.2, -0.15) is 0 Å². The first-order valence-corrected chi connectivity index (χ1v) is 6.90. The number of carbonyl (C=O) groups is 1. The summed E-state index contributed by atoms with van der Waals surface area (Å²) in [5.74, 6) is -0.815. The van der Waals surface area contributed by atoms with Gasteiger partial charge in [-0.15, -0.1) is 0 Å². The molecule has 0 amide bonds. The van der Waals surface area contributed by atoms with Crippen molar-refractivity contribution in [3.05, 3.63) is 30.3 Å². The molecule has 0 saturated heterocycles. The third-order valence-electron chi connectivity index (χ3n) is 3.69. The van der Waals surface area contributed by atoms with E-state index in [1.807, 2.05) is 39.0 Å². The third-order valence-corrected chi connectivity index (χ3v) is 3.69. The van der Waals surface area contributed by atoms with Crippen molar-refractivity contribution < 1.29 is 19.4 Å². The molecule has 1 N–H and O–H groups in total. The second-order valence-corrected chi connectivity index (χ2v) is 4.96. The fourth-order valence-electron chi connectivity index (χ4n) is 2.36. The smallest absolute Gasteiger partial charge is 0.306 e. The summed E-state index contributed by atoms with van der Waals surface area (Å²) >= 11 is 0. The van der Waals surface area contributed by atoms with Crippen LogP contribution in [0.5, 0.6) is 5.75 Å². The van der Waals surface area contributed by atoms with Gasteiger partial charge in [0, 0.05) is 19.1 Å². The molecular weight excluding hydrogens is 256 g/mol. The van der Waals surface area contributed by atoms with Crippen LogP contribution in [0.15, 0.2) is 24.3 Å². The fraction of sp³-hybridized carbons (Fsp3) is 0.562. The molecule has 0 aliphatic heterocycles.